The number of aryl methyl sites for hydroxylation is 2. The first-order valence-electron chi connectivity index (χ1n) is 7.62. The van der Waals surface area contributed by atoms with Crippen LogP contribution < -0.4 is 16.2 Å². The van der Waals surface area contributed by atoms with Crippen molar-refractivity contribution in [3.05, 3.63) is 47.8 Å². The van der Waals surface area contributed by atoms with E-state index in [4.69, 9.17) is 16.2 Å². The van der Waals surface area contributed by atoms with E-state index >= 15 is 0 Å². The molecule has 0 atom stereocenters. The molecule has 0 radical (unpaired) electrons. The molecule has 1 amide bonds. The van der Waals surface area contributed by atoms with Crippen LogP contribution >= 0.6 is 0 Å². The standard InChI is InChI=1S/C17H19N5O2/c1-24-14-9-12(16(18)23)8-13-15(14)22(17(19)21-13)7-3-5-11-4-2-6-20-10-11/h2,4,6,8-10H,3,5,7H2,1H3,(H2,18,23)(H2,19,21). The molecule has 7 nitrogen and oxygen atoms in total. The van der Waals surface area contributed by atoms with Crippen LogP contribution in [0.3, 0.4) is 0 Å². The Kier molecular flexibility index (Phi) is 4.33. The SMILES string of the molecule is COc1cc(C(N)=O)cc2nc(N)n(CCCc3cccnc3)c12. The van der Waals surface area contributed by atoms with E-state index in [0.29, 0.717) is 29.3 Å². The summed E-state index contributed by atoms with van der Waals surface area (Å²) in [5, 5.41) is 0. The van der Waals surface area contributed by atoms with Gasteiger partial charge in [0.25, 0.3) is 0 Å². The number of ether oxygens (including phenoxy) is 1. The lowest BCUT2D eigenvalue weighted by Gasteiger charge is -2.10. The number of hydrogen-bond acceptors (Lipinski definition) is 5. The van der Waals surface area contributed by atoms with E-state index in [1.54, 1.807) is 25.4 Å². The zero-order valence-electron chi connectivity index (χ0n) is 13.4. The molecule has 3 rings (SSSR count). The minimum atomic E-state index is -0.528. The number of benzene rings is 1. The van der Waals surface area contributed by atoms with E-state index in [-0.39, 0.29) is 0 Å². The van der Waals surface area contributed by atoms with Crippen LogP contribution in [0.5, 0.6) is 5.75 Å². The number of rotatable bonds is 6. The van der Waals surface area contributed by atoms with E-state index in [9.17, 15) is 4.79 Å². The predicted molar refractivity (Wildman–Crippen MR) is 91.8 cm³/mol. The van der Waals surface area contributed by atoms with E-state index in [1.165, 1.54) is 5.56 Å². The van der Waals surface area contributed by atoms with Crippen molar-refractivity contribution in [1.82, 2.24) is 14.5 Å². The molecule has 7 heteroatoms. The van der Waals surface area contributed by atoms with Gasteiger partial charge in [-0.05, 0) is 36.6 Å². The van der Waals surface area contributed by atoms with Gasteiger partial charge in [0.2, 0.25) is 11.9 Å². The number of nitrogens with zero attached hydrogens (tertiary/aromatic N) is 3. The highest BCUT2D eigenvalue weighted by Gasteiger charge is 2.16. The number of aromatic nitrogens is 3. The molecule has 4 N–H and O–H groups in total. The largest absolute Gasteiger partial charge is 0.494 e. The summed E-state index contributed by atoms with van der Waals surface area (Å²) in [6, 6.07) is 7.21. The van der Waals surface area contributed by atoms with E-state index in [2.05, 4.69) is 9.97 Å². The lowest BCUT2D eigenvalue weighted by atomic mass is 10.1. The molecule has 2 heterocycles. The molecule has 0 bridgehead atoms. The van der Waals surface area contributed by atoms with Crippen LogP contribution in [-0.2, 0) is 13.0 Å². The van der Waals surface area contributed by atoms with Crippen LogP contribution in [0, 0.1) is 0 Å². The fraction of sp³-hybridized carbons (Fsp3) is 0.235. The molecular formula is C17H19N5O2. The Morgan fingerprint density at radius 3 is 2.88 bits per heavy atom. The van der Waals surface area contributed by atoms with Crippen molar-refractivity contribution in [1.29, 1.82) is 0 Å². The molecule has 24 heavy (non-hydrogen) atoms. The summed E-state index contributed by atoms with van der Waals surface area (Å²) in [4.78, 5) is 19.9. The third-order valence-electron chi connectivity index (χ3n) is 3.91. The molecule has 1 aromatic carbocycles. The van der Waals surface area contributed by atoms with Gasteiger partial charge in [-0.25, -0.2) is 4.98 Å². The lowest BCUT2D eigenvalue weighted by molar-refractivity contribution is 0.1000. The third kappa shape index (κ3) is 3.01. The van der Waals surface area contributed by atoms with Crippen molar-refractivity contribution in [2.45, 2.75) is 19.4 Å². The normalized spacial score (nSPS) is 10.9. The molecule has 2 aromatic heterocycles. The molecule has 3 aromatic rings. The fourth-order valence-electron chi connectivity index (χ4n) is 2.76. The number of amides is 1. The van der Waals surface area contributed by atoms with Gasteiger partial charge in [0, 0.05) is 24.5 Å². The fourth-order valence-corrected chi connectivity index (χ4v) is 2.76. The Morgan fingerprint density at radius 2 is 2.21 bits per heavy atom. The first-order chi connectivity index (χ1) is 11.6. The second-order valence-corrected chi connectivity index (χ2v) is 5.50. The van der Waals surface area contributed by atoms with Gasteiger partial charge in [-0.1, -0.05) is 6.07 Å². The second-order valence-electron chi connectivity index (χ2n) is 5.50. The molecule has 0 aliphatic carbocycles. The summed E-state index contributed by atoms with van der Waals surface area (Å²) in [7, 11) is 1.54. The minimum Gasteiger partial charge on any atom is -0.494 e. The first-order valence-corrected chi connectivity index (χ1v) is 7.62. The van der Waals surface area contributed by atoms with Crippen LogP contribution in [0.15, 0.2) is 36.7 Å². The van der Waals surface area contributed by atoms with Gasteiger partial charge < -0.3 is 20.8 Å². The molecular weight excluding hydrogens is 306 g/mol. The summed E-state index contributed by atoms with van der Waals surface area (Å²) in [6.07, 6.45) is 5.37. The van der Waals surface area contributed by atoms with Gasteiger partial charge >= 0.3 is 0 Å². The van der Waals surface area contributed by atoms with E-state index < -0.39 is 5.91 Å². The van der Waals surface area contributed by atoms with Crippen LogP contribution in [0.1, 0.15) is 22.3 Å². The average molecular weight is 325 g/mol. The zero-order valence-corrected chi connectivity index (χ0v) is 13.4. The Labute approximate surface area is 139 Å². The molecule has 0 unspecified atom stereocenters. The summed E-state index contributed by atoms with van der Waals surface area (Å²) >= 11 is 0. The van der Waals surface area contributed by atoms with Crippen LogP contribution in [0.2, 0.25) is 0 Å². The summed E-state index contributed by atoms with van der Waals surface area (Å²) < 4.78 is 7.30. The van der Waals surface area contributed by atoms with Gasteiger partial charge in [-0.15, -0.1) is 0 Å². The van der Waals surface area contributed by atoms with E-state index in [0.717, 1.165) is 18.4 Å². The topological polar surface area (TPSA) is 109 Å². The number of methoxy groups -OCH3 is 1. The summed E-state index contributed by atoms with van der Waals surface area (Å²) in [5.41, 5.74) is 14.3. The second kappa shape index (κ2) is 6.57. The molecule has 0 saturated carbocycles. The molecule has 0 aliphatic rings. The Bertz CT molecular complexity index is 874. The minimum absolute atomic E-state index is 0.347. The van der Waals surface area contributed by atoms with E-state index in [1.807, 2.05) is 22.9 Å². The van der Waals surface area contributed by atoms with Crippen molar-refractivity contribution in [3.8, 4) is 5.75 Å². The molecule has 124 valence electrons. The number of carbonyl (C=O) groups excluding carboxylic acids is 1. The summed E-state index contributed by atoms with van der Waals surface area (Å²) in [5.74, 6) is 0.392. The number of anilines is 1. The van der Waals surface area contributed by atoms with Crippen molar-refractivity contribution in [3.63, 3.8) is 0 Å². The molecule has 0 fully saturated rings. The van der Waals surface area contributed by atoms with Gasteiger partial charge in [0.1, 0.15) is 11.3 Å². The van der Waals surface area contributed by atoms with Crippen LogP contribution in [0.25, 0.3) is 11.0 Å². The van der Waals surface area contributed by atoms with Crippen molar-refractivity contribution < 1.29 is 9.53 Å². The Hall–Kier alpha value is -3.09. The lowest BCUT2D eigenvalue weighted by Crippen LogP contribution is -2.11. The molecule has 0 aliphatic heterocycles. The number of nitrogens with two attached hydrogens (primary N) is 2. The average Bonchev–Trinajstić information content (AvgIpc) is 2.90. The number of fused-ring (bicyclic) bond motifs is 1. The van der Waals surface area contributed by atoms with Crippen molar-refractivity contribution in [2.24, 2.45) is 5.73 Å². The monoisotopic (exact) mass is 325 g/mol. The van der Waals surface area contributed by atoms with Gasteiger partial charge in [-0.3, -0.25) is 9.78 Å². The zero-order chi connectivity index (χ0) is 17.1. The maximum absolute atomic E-state index is 11.4. The summed E-state index contributed by atoms with van der Waals surface area (Å²) in [6.45, 7) is 0.684. The van der Waals surface area contributed by atoms with Gasteiger partial charge in [0.15, 0.2) is 0 Å². The maximum atomic E-state index is 11.4. The molecule has 0 saturated heterocycles. The number of pyridine rings is 1. The van der Waals surface area contributed by atoms with Crippen LogP contribution in [-0.4, -0.2) is 27.6 Å². The Morgan fingerprint density at radius 1 is 1.38 bits per heavy atom. The number of primary amides is 1. The number of hydrogen-bond donors (Lipinski definition) is 2. The highest BCUT2D eigenvalue weighted by Crippen LogP contribution is 2.29. The van der Waals surface area contributed by atoms with Crippen LogP contribution in [0.4, 0.5) is 5.95 Å². The highest BCUT2D eigenvalue weighted by molar-refractivity contribution is 5.98. The number of nitrogen functional groups attached to an aromatic ring is 1. The van der Waals surface area contributed by atoms with Gasteiger partial charge in [0.05, 0.1) is 12.6 Å². The maximum Gasteiger partial charge on any atom is 0.248 e. The smallest absolute Gasteiger partial charge is 0.248 e. The molecule has 0 spiro atoms. The number of carbonyl (C=O) groups is 1. The van der Waals surface area contributed by atoms with Gasteiger partial charge in [-0.2, -0.15) is 0 Å². The number of imidazole rings is 1. The third-order valence-corrected chi connectivity index (χ3v) is 3.91. The first kappa shape index (κ1) is 15.8. The highest BCUT2D eigenvalue weighted by atomic mass is 16.5. The van der Waals surface area contributed by atoms with Crippen molar-refractivity contribution in [2.75, 3.05) is 12.8 Å². The Balaban J connectivity index is 1.90. The predicted octanol–water partition coefficient (Wildman–Crippen LogP) is 1.75. The quantitative estimate of drug-likeness (QED) is 0.717. The van der Waals surface area contributed by atoms with Crippen molar-refractivity contribution >= 4 is 22.9 Å².